The van der Waals surface area contributed by atoms with Crippen LogP contribution in [-0.4, -0.2) is 54.2 Å². The van der Waals surface area contributed by atoms with Gasteiger partial charge in [0.1, 0.15) is 0 Å². The Labute approximate surface area is 167 Å². The quantitative estimate of drug-likeness (QED) is 0.766. The number of benzene rings is 1. The Balaban J connectivity index is 1.66. The van der Waals surface area contributed by atoms with Crippen molar-refractivity contribution in [1.29, 1.82) is 0 Å². The Morgan fingerprint density at radius 3 is 2.07 bits per heavy atom. The van der Waals surface area contributed by atoms with E-state index in [9.17, 15) is 14.4 Å². The molecule has 2 atom stereocenters. The summed E-state index contributed by atoms with van der Waals surface area (Å²) in [5, 5.41) is 3.14. The number of para-hydroxylation sites is 1. The van der Waals surface area contributed by atoms with Crippen LogP contribution in [0.15, 0.2) is 18.2 Å². The van der Waals surface area contributed by atoms with Gasteiger partial charge < -0.3 is 15.1 Å². The SMILES string of the molecule is CC(C)c1cccc(C(C)C)c1NC(=O)C1CC1C(=O)N1CCN(C=O)CC1. The third-order valence-corrected chi connectivity index (χ3v) is 5.84. The maximum atomic E-state index is 12.9. The lowest BCUT2D eigenvalue weighted by atomic mass is 9.92. The van der Waals surface area contributed by atoms with Gasteiger partial charge in [0.2, 0.25) is 18.2 Å². The first-order chi connectivity index (χ1) is 13.3. The minimum Gasteiger partial charge on any atom is -0.342 e. The molecule has 1 aromatic rings. The lowest BCUT2D eigenvalue weighted by Gasteiger charge is -2.32. The first kappa shape index (κ1) is 20.4. The molecule has 3 rings (SSSR count). The van der Waals surface area contributed by atoms with Gasteiger partial charge in [0.25, 0.3) is 0 Å². The minimum atomic E-state index is -0.253. The maximum Gasteiger partial charge on any atom is 0.228 e. The van der Waals surface area contributed by atoms with Crippen LogP contribution in [0.25, 0.3) is 0 Å². The highest BCUT2D eigenvalue weighted by molar-refractivity contribution is 6.00. The highest BCUT2D eigenvalue weighted by atomic mass is 16.2. The molecule has 6 heteroatoms. The topological polar surface area (TPSA) is 69.7 Å². The van der Waals surface area contributed by atoms with Gasteiger partial charge in [0.05, 0.1) is 11.8 Å². The summed E-state index contributed by atoms with van der Waals surface area (Å²) in [6.07, 6.45) is 1.44. The van der Waals surface area contributed by atoms with Gasteiger partial charge in [-0.1, -0.05) is 45.9 Å². The lowest BCUT2D eigenvalue weighted by molar-refractivity contribution is -0.137. The molecule has 1 aromatic carbocycles. The Morgan fingerprint density at radius 1 is 1.00 bits per heavy atom. The van der Waals surface area contributed by atoms with Crippen LogP contribution in [0.5, 0.6) is 0 Å². The van der Waals surface area contributed by atoms with Crippen molar-refractivity contribution >= 4 is 23.9 Å². The Kier molecular flexibility index (Phi) is 6.06. The number of piperazine rings is 1. The number of hydrogen-bond acceptors (Lipinski definition) is 3. The number of amides is 3. The average Bonchev–Trinajstić information content (AvgIpc) is 3.48. The van der Waals surface area contributed by atoms with Gasteiger partial charge in [-0.3, -0.25) is 14.4 Å². The fraction of sp³-hybridized carbons (Fsp3) is 0.591. The molecule has 1 N–H and O–H groups in total. The van der Waals surface area contributed by atoms with E-state index in [1.807, 2.05) is 6.07 Å². The zero-order valence-electron chi connectivity index (χ0n) is 17.3. The predicted molar refractivity (Wildman–Crippen MR) is 109 cm³/mol. The molecule has 0 radical (unpaired) electrons. The van der Waals surface area contributed by atoms with Gasteiger partial charge >= 0.3 is 0 Å². The summed E-state index contributed by atoms with van der Waals surface area (Å²) >= 11 is 0. The normalized spacial score (nSPS) is 21.8. The molecule has 0 bridgehead atoms. The number of nitrogens with zero attached hydrogens (tertiary/aromatic N) is 2. The number of nitrogens with one attached hydrogen (secondary N) is 1. The molecule has 2 unspecified atom stereocenters. The summed E-state index contributed by atoms with van der Waals surface area (Å²) < 4.78 is 0. The van der Waals surface area contributed by atoms with Crippen molar-refractivity contribution in [3.63, 3.8) is 0 Å². The minimum absolute atomic E-state index is 0.0481. The van der Waals surface area contributed by atoms with Gasteiger partial charge in [-0.15, -0.1) is 0 Å². The van der Waals surface area contributed by atoms with E-state index < -0.39 is 0 Å². The second-order valence-corrected chi connectivity index (χ2v) is 8.53. The van der Waals surface area contributed by atoms with Crippen molar-refractivity contribution in [1.82, 2.24) is 9.80 Å². The van der Waals surface area contributed by atoms with Crippen LogP contribution in [0.1, 0.15) is 57.1 Å². The van der Waals surface area contributed by atoms with Crippen LogP contribution in [0, 0.1) is 11.8 Å². The fourth-order valence-electron chi connectivity index (χ4n) is 3.95. The molecule has 0 spiro atoms. The Bertz CT molecular complexity index is 725. The fourth-order valence-corrected chi connectivity index (χ4v) is 3.95. The zero-order chi connectivity index (χ0) is 20.4. The van der Waals surface area contributed by atoms with E-state index in [-0.39, 0.29) is 23.7 Å². The van der Waals surface area contributed by atoms with Crippen LogP contribution in [0.3, 0.4) is 0 Å². The van der Waals surface area contributed by atoms with Crippen LogP contribution >= 0.6 is 0 Å². The third-order valence-electron chi connectivity index (χ3n) is 5.84. The van der Waals surface area contributed by atoms with Crippen molar-refractivity contribution in [3.05, 3.63) is 29.3 Å². The Hall–Kier alpha value is -2.37. The summed E-state index contributed by atoms with van der Waals surface area (Å²) in [5.41, 5.74) is 3.18. The maximum absolute atomic E-state index is 12.9. The Morgan fingerprint density at radius 2 is 1.57 bits per heavy atom. The van der Waals surface area contributed by atoms with Crippen LogP contribution in [-0.2, 0) is 14.4 Å². The molecule has 0 aromatic heterocycles. The summed E-state index contributed by atoms with van der Waals surface area (Å²) in [5.74, 6) is 0.125. The van der Waals surface area contributed by atoms with Gasteiger partial charge in [-0.25, -0.2) is 0 Å². The molecule has 152 valence electrons. The standard InChI is InChI=1S/C22H31N3O3/c1-14(2)16-6-5-7-17(15(3)4)20(16)23-21(27)18-12-19(18)22(28)25-10-8-24(13-26)9-11-25/h5-7,13-15,18-19H,8-12H2,1-4H3,(H,23,27). The van der Waals surface area contributed by atoms with Crippen molar-refractivity contribution < 1.29 is 14.4 Å². The largest absolute Gasteiger partial charge is 0.342 e. The van der Waals surface area contributed by atoms with E-state index in [1.165, 1.54) is 0 Å². The van der Waals surface area contributed by atoms with Crippen molar-refractivity contribution in [2.75, 3.05) is 31.5 Å². The second-order valence-electron chi connectivity index (χ2n) is 8.53. The zero-order valence-corrected chi connectivity index (χ0v) is 17.3. The third kappa shape index (κ3) is 4.21. The number of hydrogen-bond donors (Lipinski definition) is 1. The molecule has 3 amide bonds. The molecule has 1 aliphatic carbocycles. The van der Waals surface area contributed by atoms with Crippen molar-refractivity contribution in [2.24, 2.45) is 11.8 Å². The molecular formula is C22H31N3O3. The first-order valence-electron chi connectivity index (χ1n) is 10.2. The number of rotatable bonds is 6. The predicted octanol–water partition coefficient (Wildman–Crippen LogP) is 2.81. The highest BCUT2D eigenvalue weighted by Gasteiger charge is 2.50. The molecule has 1 aliphatic heterocycles. The summed E-state index contributed by atoms with van der Waals surface area (Å²) in [6.45, 7) is 10.7. The summed E-state index contributed by atoms with van der Waals surface area (Å²) in [4.78, 5) is 39.9. The monoisotopic (exact) mass is 385 g/mol. The van der Waals surface area contributed by atoms with E-state index in [4.69, 9.17) is 0 Å². The summed E-state index contributed by atoms with van der Waals surface area (Å²) in [7, 11) is 0. The molecule has 28 heavy (non-hydrogen) atoms. The smallest absolute Gasteiger partial charge is 0.228 e. The molecular weight excluding hydrogens is 354 g/mol. The molecule has 1 saturated heterocycles. The van der Waals surface area contributed by atoms with E-state index in [0.29, 0.717) is 44.4 Å². The van der Waals surface area contributed by atoms with Gasteiger partial charge in [-0.05, 0) is 29.4 Å². The van der Waals surface area contributed by atoms with Gasteiger partial charge in [0, 0.05) is 31.9 Å². The number of carbonyl (C=O) groups excluding carboxylic acids is 3. The van der Waals surface area contributed by atoms with E-state index in [0.717, 1.165) is 23.2 Å². The van der Waals surface area contributed by atoms with Crippen molar-refractivity contribution in [2.45, 2.75) is 46.0 Å². The molecule has 2 aliphatic rings. The van der Waals surface area contributed by atoms with Crippen molar-refractivity contribution in [3.8, 4) is 0 Å². The van der Waals surface area contributed by atoms with Gasteiger partial charge in [0.15, 0.2) is 0 Å². The second kappa shape index (κ2) is 8.33. The molecule has 6 nitrogen and oxygen atoms in total. The number of anilines is 1. The lowest BCUT2D eigenvalue weighted by Crippen LogP contribution is -2.48. The van der Waals surface area contributed by atoms with E-state index >= 15 is 0 Å². The first-order valence-corrected chi connectivity index (χ1v) is 10.2. The molecule has 2 fully saturated rings. The summed E-state index contributed by atoms with van der Waals surface area (Å²) in [6, 6.07) is 6.17. The van der Waals surface area contributed by atoms with Crippen LogP contribution in [0.4, 0.5) is 5.69 Å². The van der Waals surface area contributed by atoms with Gasteiger partial charge in [-0.2, -0.15) is 0 Å². The number of carbonyl (C=O) groups is 3. The molecule has 1 heterocycles. The van der Waals surface area contributed by atoms with E-state index in [1.54, 1.807) is 9.80 Å². The molecule has 1 saturated carbocycles. The van der Waals surface area contributed by atoms with Crippen LogP contribution in [0.2, 0.25) is 0 Å². The average molecular weight is 386 g/mol. The van der Waals surface area contributed by atoms with E-state index in [2.05, 4.69) is 45.1 Å². The highest BCUT2D eigenvalue weighted by Crippen LogP contribution is 2.42. The van der Waals surface area contributed by atoms with Crippen LogP contribution < -0.4 is 5.32 Å².